The Hall–Kier alpha value is -2.80. The fraction of sp³-hybridized carbons (Fsp3) is 0.125. The molecule has 28 heavy (non-hydrogen) atoms. The molecule has 2 aromatic carbocycles. The summed E-state index contributed by atoms with van der Waals surface area (Å²) in [6.45, 7) is 0. The minimum absolute atomic E-state index is 0.408. The lowest BCUT2D eigenvalue weighted by Crippen LogP contribution is -2.14. The first kappa shape index (κ1) is 21.5. The lowest BCUT2D eigenvalue weighted by Gasteiger charge is -2.16. The van der Waals surface area contributed by atoms with Gasteiger partial charge >= 0.3 is 11.9 Å². The van der Waals surface area contributed by atoms with E-state index in [0.717, 1.165) is 32.4 Å². The number of carbonyl (C=O) groups excluding carboxylic acids is 2. The molecule has 0 fully saturated rings. The molecule has 10 nitrogen and oxygen atoms in total. The van der Waals surface area contributed by atoms with Crippen LogP contribution in [-0.4, -0.2) is 52.1 Å². The molecule has 0 amide bonds. The van der Waals surface area contributed by atoms with Crippen LogP contribution >= 0.6 is 0 Å². The van der Waals surface area contributed by atoms with Gasteiger partial charge in [-0.2, -0.15) is 16.8 Å². The Bertz CT molecular complexity index is 1160. The Labute approximate surface area is 160 Å². The molecule has 150 valence electrons. The summed E-state index contributed by atoms with van der Waals surface area (Å²) in [5, 5.41) is 0. The zero-order chi connectivity index (χ0) is 21.3. The highest BCUT2D eigenvalue weighted by molar-refractivity contribution is 7.86. The fourth-order valence-electron chi connectivity index (χ4n) is 2.50. The highest BCUT2D eigenvalue weighted by atomic mass is 32.2. The molecule has 0 heterocycles. The lowest BCUT2D eigenvalue weighted by molar-refractivity contribution is 0.0599. The van der Waals surface area contributed by atoms with Gasteiger partial charge in [0.15, 0.2) is 0 Å². The van der Waals surface area contributed by atoms with Crippen LogP contribution in [0.2, 0.25) is 0 Å². The van der Waals surface area contributed by atoms with E-state index in [9.17, 15) is 35.5 Å². The number of carbonyl (C=O) groups is 2. The largest absolute Gasteiger partial charge is 0.465 e. The van der Waals surface area contributed by atoms with Crippen LogP contribution < -0.4 is 0 Å². The monoisotopic (exact) mass is 430 g/mol. The maximum Gasteiger partial charge on any atom is 0.338 e. The Morgan fingerprint density at radius 1 is 0.821 bits per heavy atom. The number of esters is 2. The summed E-state index contributed by atoms with van der Waals surface area (Å²) in [5.41, 5.74) is -1.94. The van der Waals surface area contributed by atoms with Crippen molar-refractivity contribution in [2.45, 2.75) is 9.79 Å². The Morgan fingerprint density at radius 2 is 1.36 bits per heavy atom. The van der Waals surface area contributed by atoms with Gasteiger partial charge in [-0.15, -0.1) is 0 Å². The smallest absolute Gasteiger partial charge is 0.338 e. The van der Waals surface area contributed by atoms with Crippen molar-refractivity contribution in [3.8, 4) is 11.1 Å². The number of rotatable bonds is 5. The molecule has 2 rings (SSSR count). The normalized spacial score (nSPS) is 11.7. The molecule has 0 aliphatic heterocycles. The van der Waals surface area contributed by atoms with Gasteiger partial charge in [-0.25, -0.2) is 9.59 Å². The molecule has 0 aliphatic carbocycles. The molecule has 12 heteroatoms. The van der Waals surface area contributed by atoms with Crippen LogP contribution in [0.3, 0.4) is 0 Å². The highest BCUT2D eigenvalue weighted by Gasteiger charge is 2.30. The summed E-state index contributed by atoms with van der Waals surface area (Å²) in [5.74, 6) is -2.15. The first-order valence-corrected chi connectivity index (χ1v) is 10.2. The predicted molar refractivity (Wildman–Crippen MR) is 94.2 cm³/mol. The van der Waals surface area contributed by atoms with Crippen LogP contribution in [0.5, 0.6) is 0 Å². The Balaban J connectivity index is 3.11. The maximum absolute atomic E-state index is 12.2. The zero-order valence-electron chi connectivity index (χ0n) is 14.4. The van der Waals surface area contributed by atoms with Gasteiger partial charge in [0.2, 0.25) is 0 Å². The van der Waals surface area contributed by atoms with E-state index in [1.54, 1.807) is 0 Å². The molecule has 2 aromatic rings. The minimum atomic E-state index is -5.06. The molecular weight excluding hydrogens is 416 g/mol. The lowest BCUT2D eigenvalue weighted by atomic mass is 9.97. The summed E-state index contributed by atoms with van der Waals surface area (Å²) in [6, 6.07) is 6.27. The van der Waals surface area contributed by atoms with E-state index in [4.69, 9.17) is 0 Å². The van der Waals surface area contributed by atoms with Gasteiger partial charge in [-0.05, 0) is 18.2 Å². The van der Waals surface area contributed by atoms with Crippen molar-refractivity contribution >= 4 is 32.2 Å². The van der Waals surface area contributed by atoms with Crippen molar-refractivity contribution in [2.75, 3.05) is 14.2 Å². The van der Waals surface area contributed by atoms with E-state index in [0.29, 0.717) is 6.07 Å². The van der Waals surface area contributed by atoms with Crippen molar-refractivity contribution in [1.29, 1.82) is 0 Å². The van der Waals surface area contributed by atoms with Gasteiger partial charge in [0, 0.05) is 11.1 Å². The van der Waals surface area contributed by atoms with Gasteiger partial charge in [0.25, 0.3) is 20.2 Å². The van der Waals surface area contributed by atoms with Crippen LogP contribution in [-0.2, 0) is 29.7 Å². The molecule has 0 saturated heterocycles. The van der Waals surface area contributed by atoms with Crippen molar-refractivity contribution in [2.24, 2.45) is 0 Å². The summed E-state index contributed by atoms with van der Waals surface area (Å²) in [6.07, 6.45) is 0. The van der Waals surface area contributed by atoms with Gasteiger partial charge in [0.05, 0.1) is 25.3 Å². The molecule has 0 bridgehead atoms. The fourth-order valence-corrected chi connectivity index (χ4v) is 3.95. The average molecular weight is 430 g/mol. The number of hydrogen-bond donors (Lipinski definition) is 2. The van der Waals surface area contributed by atoms with Crippen LogP contribution in [0.1, 0.15) is 20.7 Å². The molecule has 0 aromatic heterocycles. The third-order valence-electron chi connectivity index (χ3n) is 3.64. The second-order valence-corrected chi connectivity index (χ2v) is 8.11. The molecule has 0 radical (unpaired) electrons. The van der Waals surface area contributed by atoms with Crippen molar-refractivity contribution in [3.05, 3.63) is 47.5 Å². The highest BCUT2D eigenvalue weighted by Crippen LogP contribution is 2.36. The molecule has 0 saturated carbocycles. The molecule has 0 atom stereocenters. The topological polar surface area (TPSA) is 161 Å². The first-order chi connectivity index (χ1) is 12.9. The van der Waals surface area contributed by atoms with Gasteiger partial charge in [-0.1, -0.05) is 18.2 Å². The van der Waals surface area contributed by atoms with Gasteiger partial charge in [0.1, 0.15) is 9.79 Å². The van der Waals surface area contributed by atoms with Crippen molar-refractivity contribution < 1.29 is 45.0 Å². The van der Waals surface area contributed by atoms with E-state index < -0.39 is 64.2 Å². The molecule has 2 N–H and O–H groups in total. The Kier molecular flexibility index (Phi) is 5.89. The van der Waals surface area contributed by atoms with E-state index in [1.807, 2.05) is 0 Å². The number of hydrogen-bond acceptors (Lipinski definition) is 8. The average Bonchev–Trinajstić information content (AvgIpc) is 2.64. The van der Waals surface area contributed by atoms with Gasteiger partial charge < -0.3 is 9.47 Å². The Morgan fingerprint density at radius 3 is 1.86 bits per heavy atom. The van der Waals surface area contributed by atoms with Crippen molar-refractivity contribution in [1.82, 2.24) is 0 Å². The third-order valence-corrected chi connectivity index (χ3v) is 5.43. The molecular formula is C16H14O10S2. The summed E-state index contributed by atoms with van der Waals surface area (Å²) in [7, 11) is -7.93. The second kappa shape index (κ2) is 7.67. The second-order valence-electron chi connectivity index (χ2n) is 5.33. The number of ether oxygens (including phenoxy) is 2. The maximum atomic E-state index is 12.2. The van der Waals surface area contributed by atoms with Crippen LogP contribution in [0.15, 0.2) is 46.2 Å². The van der Waals surface area contributed by atoms with Crippen LogP contribution in [0.25, 0.3) is 11.1 Å². The van der Waals surface area contributed by atoms with E-state index in [1.165, 1.54) is 12.1 Å². The van der Waals surface area contributed by atoms with Gasteiger partial charge in [-0.3, -0.25) is 9.11 Å². The van der Waals surface area contributed by atoms with E-state index >= 15 is 0 Å². The first-order valence-electron chi connectivity index (χ1n) is 7.31. The zero-order valence-corrected chi connectivity index (χ0v) is 16.1. The third kappa shape index (κ3) is 4.20. The van der Waals surface area contributed by atoms with Crippen molar-refractivity contribution in [3.63, 3.8) is 0 Å². The quantitative estimate of drug-likeness (QED) is 0.524. The predicted octanol–water partition coefficient (Wildman–Crippen LogP) is 1.42. The molecule has 0 aliphatic rings. The molecule has 0 unspecified atom stereocenters. The molecule has 0 spiro atoms. The SMILES string of the molecule is COC(=O)c1cc(C(=O)OC)c(-c2ccccc2S(=O)(=O)O)c(S(=O)(=O)O)c1. The summed E-state index contributed by atoms with van der Waals surface area (Å²) < 4.78 is 75.5. The van der Waals surface area contributed by atoms with Crippen LogP contribution in [0, 0.1) is 0 Å². The van der Waals surface area contributed by atoms with E-state index in [-0.39, 0.29) is 0 Å². The summed E-state index contributed by atoms with van der Waals surface area (Å²) in [4.78, 5) is 22.4. The minimum Gasteiger partial charge on any atom is -0.465 e. The van der Waals surface area contributed by atoms with Crippen LogP contribution in [0.4, 0.5) is 0 Å². The van der Waals surface area contributed by atoms with E-state index in [2.05, 4.69) is 9.47 Å². The summed E-state index contributed by atoms with van der Waals surface area (Å²) >= 11 is 0. The number of methoxy groups -OCH3 is 2. The standard InChI is InChI=1S/C16H14O10S2/c1-25-15(17)9-7-11(16(18)26-2)14(13(8-9)28(22,23)24)10-5-3-4-6-12(10)27(19,20)21/h3-8H,1-2H3,(H,19,20,21)(H,22,23,24). The number of benzene rings is 2.